The van der Waals surface area contributed by atoms with Gasteiger partial charge in [-0.15, -0.1) is 11.3 Å². The maximum absolute atomic E-state index is 6.02. The minimum absolute atomic E-state index is 0.574. The second-order valence-electron chi connectivity index (χ2n) is 3.89. The van der Waals surface area contributed by atoms with Gasteiger partial charge >= 0.3 is 0 Å². The van der Waals surface area contributed by atoms with Gasteiger partial charge in [0.25, 0.3) is 0 Å². The normalized spacial score (nSPS) is 13.6. The highest BCUT2D eigenvalue weighted by molar-refractivity contribution is 8.01. The molecule has 2 aromatic rings. The third-order valence-corrected chi connectivity index (χ3v) is 4.60. The van der Waals surface area contributed by atoms with E-state index < -0.39 is 0 Å². The Morgan fingerprint density at radius 3 is 2.67 bits per heavy atom. The van der Waals surface area contributed by atoms with E-state index in [1.807, 2.05) is 24.4 Å². The summed E-state index contributed by atoms with van der Waals surface area (Å²) in [5.41, 5.74) is 7.74. The molecule has 94 valence electrons. The van der Waals surface area contributed by atoms with Gasteiger partial charge in [0, 0.05) is 33.8 Å². The number of ether oxygens (including phenoxy) is 2. The number of anilines is 1. The van der Waals surface area contributed by atoms with Crippen LogP contribution in [0.3, 0.4) is 0 Å². The van der Waals surface area contributed by atoms with Gasteiger partial charge in [-0.25, -0.2) is 4.98 Å². The van der Waals surface area contributed by atoms with Gasteiger partial charge in [-0.3, -0.25) is 0 Å². The zero-order valence-electron chi connectivity index (χ0n) is 9.80. The molecule has 0 saturated heterocycles. The molecule has 4 nitrogen and oxygen atoms in total. The van der Waals surface area contributed by atoms with Crippen LogP contribution in [0.2, 0.25) is 0 Å². The van der Waals surface area contributed by atoms with Crippen molar-refractivity contribution in [3.8, 4) is 11.5 Å². The summed E-state index contributed by atoms with van der Waals surface area (Å²) in [6, 6.07) is 3.74. The van der Waals surface area contributed by atoms with Crippen molar-refractivity contribution in [2.75, 3.05) is 18.9 Å². The minimum Gasteiger partial charge on any atom is -0.486 e. The van der Waals surface area contributed by atoms with E-state index in [1.165, 1.54) is 0 Å². The molecule has 0 amide bonds. The standard InChI is InChI=1S/C12H12N2O2S2/c1-7-6-17-12(14-7)18-11-5-10-9(4-8(11)13)15-2-3-16-10/h4-6H,2-3,13H2,1H3. The number of thiazole rings is 1. The molecule has 0 spiro atoms. The van der Waals surface area contributed by atoms with Gasteiger partial charge in [-0.2, -0.15) is 0 Å². The topological polar surface area (TPSA) is 57.4 Å². The molecule has 3 rings (SSSR count). The SMILES string of the molecule is Cc1csc(Sc2cc3c(cc2N)OCCO3)n1. The van der Waals surface area contributed by atoms with Crippen LogP contribution in [0.4, 0.5) is 5.69 Å². The highest BCUT2D eigenvalue weighted by atomic mass is 32.2. The van der Waals surface area contributed by atoms with Crippen LogP contribution in [0.25, 0.3) is 0 Å². The molecular weight excluding hydrogens is 268 g/mol. The van der Waals surface area contributed by atoms with Gasteiger partial charge < -0.3 is 15.2 Å². The van der Waals surface area contributed by atoms with Crippen LogP contribution in [-0.2, 0) is 0 Å². The Morgan fingerprint density at radius 1 is 1.28 bits per heavy atom. The van der Waals surface area contributed by atoms with E-state index in [4.69, 9.17) is 15.2 Å². The summed E-state index contributed by atoms with van der Waals surface area (Å²) in [5.74, 6) is 1.48. The maximum Gasteiger partial charge on any atom is 0.163 e. The van der Waals surface area contributed by atoms with Crippen LogP contribution in [0, 0.1) is 6.92 Å². The first-order valence-electron chi connectivity index (χ1n) is 5.51. The largest absolute Gasteiger partial charge is 0.486 e. The summed E-state index contributed by atoms with van der Waals surface area (Å²) in [4.78, 5) is 5.37. The Hall–Kier alpha value is -1.40. The fourth-order valence-electron chi connectivity index (χ4n) is 1.65. The summed E-state index contributed by atoms with van der Waals surface area (Å²) < 4.78 is 12.0. The first-order chi connectivity index (χ1) is 8.72. The molecule has 1 aliphatic rings. The van der Waals surface area contributed by atoms with Crippen molar-refractivity contribution < 1.29 is 9.47 Å². The molecular formula is C12H12N2O2S2. The zero-order valence-corrected chi connectivity index (χ0v) is 11.4. The quantitative estimate of drug-likeness (QED) is 0.857. The van der Waals surface area contributed by atoms with E-state index in [1.54, 1.807) is 23.1 Å². The lowest BCUT2D eigenvalue weighted by Crippen LogP contribution is -2.15. The van der Waals surface area contributed by atoms with Crippen molar-refractivity contribution in [3.05, 3.63) is 23.2 Å². The number of nitrogen functional groups attached to an aromatic ring is 1. The molecule has 2 heterocycles. The molecule has 18 heavy (non-hydrogen) atoms. The number of hydrogen-bond donors (Lipinski definition) is 1. The van der Waals surface area contributed by atoms with Gasteiger partial charge in [0.05, 0.1) is 0 Å². The number of fused-ring (bicyclic) bond motifs is 1. The summed E-state index contributed by atoms with van der Waals surface area (Å²) in [6.45, 7) is 3.13. The first kappa shape index (κ1) is 11.7. The van der Waals surface area contributed by atoms with Crippen LogP contribution < -0.4 is 15.2 Å². The molecule has 0 saturated carbocycles. The number of nitrogens with two attached hydrogens (primary N) is 1. The molecule has 1 aromatic heterocycles. The van der Waals surface area contributed by atoms with Crippen LogP contribution >= 0.6 is 23.1 Å². The van der Waals surface area contributed by atoms with Crippen LogP contribution in [0.5, 0.6) is 11.5 Å². The molecule has 0 radical (unpaired) electrons. The smallest absolute Gasteiger partial charge is 0.163 e. The van der Waals surface area contributed by atoms with Crippen molar-refractivity contribution in [1.29, 1.82) is 0 Å². The monoisotopic (exact) mass is 280 g/mol. The predicted molar refractivity (Wildman–Crippen MR) is 72.8 cm³/mol. The lowest BCUT2D eigenvalue weighted by molar-refractivity contribution is 0.171. The van der Waals surface area contributed by atoms with E-state index in [9.17, 15) is 0 Å². The second-order valence-corrected chi connectivity index (χ2v) is 6.04. The van der Waals surface area contributed by atoms with E-state index in [-0.39, 0.29) is 0 Å². The highest BCUT2D eigenvalue weighted by Crippen LogP contribution is 2.41. The Balaban J connectivity index is 1.92. The average Bonchev–Trinajstić information content (AvgIpc) is 2.76. The fraction of sp³-hybridized carbons (Fsp3) is 0.250. The van der Waals surface area contributed by atoms with Crippen LogP contribution in [-0.4, -0.2) is 18.2 Å². The Kier molecular flexibility index (Phi) is 3.05. The molecule has 0 bridgehead atoms. The van der Waals surface area contributed by atoms with Gasteiger partial charge in [0.1, 0.15) is 13.2 Å². The van der Waals surface area contributed by atoms with E-state index in [0.717, 1.165) is 26.4 Å². The van der Waals surface area contributed by atoms with Crippen molar-refractivity contribution in [2.45, 2.75) is 16.2 Å². The molecule has 0 atom stereocenters. The van der Waals surface area contributed by atoms with Gasteiger partial charge in [0.2, 0.25) is 0 Å². The van der Waals surface area contributed by atoms with Crippen LogP contribution in [0.1, 0.15) is 5.69 Å². The van der Waals surface area contributed by atoms with Crippen molar-refractivity contribution in [1.82, 2.24) is 4.98 Å². The number of benzene rings is 1. The van der Waals surface area contributed by atoms with Gasteiger partial charge in [-0.1, -0.05) is 11.8 Å². The molecule has 0 aliphatic carbocycles. The molecule has 0 unspecified atom stereocenters. The number of nitrogens with zero attached hydrogens (tertiary/aromatic N) is 1. The lowest BCUT2D eigenvalue weighted by Gasteiger charge is -2.19. The summed E-state index contributed by atoms with van der Waals surface area (Å²) in [5, 5.41) is 2.02. The van der Waals surface area contributed by atoms with E-state index in [2.05, 4.69) is 4.98 Å². The predicted octanol–water partition coefficient (Wildman–Crippen LogP) is 2.96. The molecule has 1 aromatic carbocycles. The molecule has 1 aliphatic heterocycles. The number of rotatable bonds is 2. The molecule has 2 N–H and O–H groups in total. The highest BCUT2D eigenvalue weighted by Gasteiger charge is 2.15. The maximum atomic E-state index is 6.02. The summed E-state index contributed by atoms with van der Waals surface area (Å²) >= 11 is 3.17. The molecule has 6 heteroatoms. The Bertz CT molecular complexity index is 583. The van der Waals surface area contributed by atoms with Crippen molar-refractivity contribution >= 4 is 28.8 Å². The van der Waals surface area contributed by atoms with Crippen molar-refractivity contribution in [2.24, 2.45) is 0 Å². The van der Waals surface area contributed by atoms with E-state index in [0.29, 0.717) is 18.9 Å². The third-order valence-electron chi connectivity index (χ3n) is 2.47. The fourth-order valence-corrected chi connectivity index (χ4v) is 3.49. The minimum atomic E-state index is 0.574. The number of hydrogen-bond acceptors (Lipinski definition) is 6. The Labute approximate surface area is 113 Å². The first-order valence-corrected chi connectivity index (χ1v) is 7.21. The summed E-state index contributed by atoms with van der Waals surface area (Å²) in [7, 11) is 0. The molecule has 0 fully saturated rings. The number of aromatic nitrogens is 1. The number of aryl methyl sites for hydroxylation is 1. The van der Waals surface area contributed by atoms with Gasteiger partial charge in [-0.05, 0) is 6.92 Å². The average molecular weight is 280 g/mol. The Morgan fingerprint density at radius 2 is 2.00 bits per heavy atom. The van der Waals surface area contributed by atoms with Crippen LogP contribution in [0.15, 0.2) is 26.7 Å². The second kappa shape index (κ2) is 4.70. The van der Waals surface area contributed by atoms with E-state index >= 15 is 0 Å². The third kappa shape index (κ3) is 2.26. The summed E-state index contributed by atoms with van der Waals surface area (Å²) in [6.07, 6.45) is 0. The lowest BCUT2D eigenvalue weighted by atomic mass is 10.2. The van der Waals surface area contributed by atoms with Crippen molar-refractivity contribution in [3.63, 3.8) is 0 Å². The zero-order chi connectivity index (χ0) is 12.5. The van der Waals surface area contributed by atoms with Gasteiger partial charge in [0.15, 0.2) is 15.8 Å².